The number of carbonyl (C=O) groups is 1. The highest BCUT2D eigenvalue weighted by atomic mass is 31.2. The van der Waals surface area contributed by atoms with E-state index in [4.69, 9.17) is 0 Å². The van der Waals surface area contributed by atoms with E-state index in [9.17, 15) is 9.36 Å². The van der Waals surface area contributed by atoms with Crippen LogP contribution in [0, 0.1) is 0 Å². The van der Waals surface area contributed by atoms with E-state index in [0.29, 0.717) is 5.56 Å². The highest BCUT2D eigenvalue weighted by molar-refractivity contribution is 7.70. The molecule has 0 amide bonds. The van der Waals surface area contributed by atoms with Gasteiger partial charge in [0.25, 0.3) is 0 Å². The van der Waals surface area contributed by atoms with E-state index >= 15 is 0 Å². The summed E-state index contributed by atoms with van der Waals surface area (Å²) in [7, 11) is -2.22. The van der Waals surface area contributed by atoms with Crippen molar-refractivity contribution >= 4 is 18.7 Å². The Morgan fingerprint density at radius 2 is 2.00 bits per heavy atom. The quantitative estimate of drug-likeness (QED) is 0.515. The molecule has 0 N–H and O–H groups in total. The third-order valence-electron chi connectivity index (χ3n) is 1.63. The molecule has 0 aliphatic rings. The van der Waals surface area contributed by atoms with Crippen molar-refractivity contribution in [2.24, 2.45) is 0 Å². The van der Waals surface area contributed by atoms with Crippen LogP contribution >= 0.6 is 7.14 Å². The van der Waals surface area contributed by atoms with Crippen molar-refractivity contribution < 1.29 is 9.36 Å². The smallest absolute Gasteiger partial charge is 0.150 e. The van der Waals surface area contributed by atoms with Crippen LogP contribution in [0.1, 0.15) is 10.4 Å². The van der Waals surface area contributed by atoms with Gasteiger partial charge in [0.2, 0.25) is 0 Å². The lowest BCUT2D eigenvalue weighted by Crippen LogP contribution is -2.03. The number of carbonyl (C=O) groups excluding carboxylic acids is 1. The maximum Gasteiger partial charge on any atom is 0.150 e. The van der Waals surface area contributed by atoms with Crippen molar-refractivity contribution in [3.63, 3.8) is 0 Å². The largest absolute Gasteiger partial charge is 0.319 e. The Bertz CT molecular complexity index is 338. The Balaban J connectivity index is 3.19. The van der Waals surface area contributed by atoms with Gasteiger partial charge < -0.3 is 4.57 Å². The first-order valence-electron chi connectivity index (χ1n) is 3.65. The maximum absolute atomic E-state index is 11.6. The van der Waals surface area contributed by atoms with Crippen LogP contribution in [-0.4, -0.2) is 19.6 Å². The standard InChI is InChI=1S/C9H11O2P/c1-12(2,11)9-5-3-4-8(6-9)7-10/h3-7H,1-2H3. The van der Waals surface area contributed by atoms with Gasteiger partial charge in [0, 0.05) is 10.9 Å². The van der Waals surface area contributed by atoms with Crippen molar-refractivity contribution in [2.45, 2.75) is 0 Å². The first-order chi connectivity index (χ1) is 5.54. The zero-order valence-electron chi connectivity index (χ0n) is 7.15. The van der Waals surface area contributed by atoms with Gasteiger partial charge in [0.1, 0.15) is 13.4 Å². The van der Waals surface area contributed by atoms with Gasteiger partial charge >= 0.3 is 0 Å². The van der Waals surface area contributed by atoms with Gasteiger partial charge in [0.15, 0.2) is 0 Å². The minimum absolute atomic E-state index is 0.580. The van der Waals surface area contributed by atoms with Crippen LogP contribution in [0.15, 0.2) is 24.3 Å². The van der Waals surface area contributed by atoms with Crippen LogP contribution in [0.5, 0.6) is 0 Å². The van der Waals surface area contributed by atoms with E-state index in [-0.39, 0.29) is 0 Å². The average Bonchev–Trinajstić information content (AvgIpc) is 2.03. The third kappa shape index (κ3) is 2.05. The first kappa shape index (κ1) is 9.21. The Labute approximate surface area is 72.0 Å². The molecule has 3 heteroatoms. The second-order valence-electron chi connectivity index (χ2n) is 3.06. The Morgan fingerprint density at radius 3 is 2.50 bits per heavy atom. The van der Waals surface area contributed by atoms with Gasteiger partial charge in [0.05, 0.1) is 0 Å². The molecule has 1 aromatic carbocycles. The van der Waals surface area contributed by atoms with Crippen molar-refractivity contribution in [1.29, 1.82) is 0 Å². The summed E-state index contributed by atoms with van der Waals surface area (Å²) in [6, 6.07) is 6.91. The summed E-state index contributed by atoms with van der Waals surface area (Å²) < 4.78 is 11.6. The fourth-order valence-corrected chi connectivity index (χ4v) is 1.84. The molecule has 0 heterocycles. The summed E-state index contributed by atoms with van der Waals surface area (Å²) in [4.78, 5) is 10.4. The molecule has 64 valence electrons. The second kappa shape index (κ2) is 3.24. The predicted octanol–water partition coefficient (Wildman–Crippen LogP) is 1.75. The summed E-state index contributed by atoms with van der Waals surface area (Å²) in [5.74, 6) is 0. The molecule has 0 unspecified atom stereocenters. The van der Waals surface area contributed by atoms with Gasteiger partial charge in [-0.05, 0) is 19.4 Å². The van der Waals surface area contributed by atoms with E-state index in [1.807, 2.05) is 0 Å². The summed E-state index contributed by atoms with van der Waals surface area (Å²) >= 11 is 0. The van der Waals surface area contributed by atoms with Crippen LogP contribution in [0.2, 0.25) is 0 Å². The number of benzene rings is 1. The van der Waals surface area contributed by atoms with Gasteiger partial charge in [-0.3, -0.25) is 4.79 Å². The van der Waals surface area contributed by atoms with E-state index in [0.717, 1.165) is 11.6 Å². The zero-order chi connectivity index (χ0) is 9.19. The molecule has 0 fully saturated rings. The Hall–Kier alpha value is -0.880. The summed E-state index contributed by atoms with van der Waals surface area (Å²) in [6.07, 6.45) is 0.763. The lowest BCUT2D eigenvalue weighted by atomic mass is 10.2. The molecule has 0 spiro atoms. The maximum atomic E-state index is 11.6. The SMILES string of the molecule is CP(C)(=O)c1cccc(C=O)c1. The molecule has 0 bridgehead atoms. The van der Waals surface area contributed by atoms with Crippen molar-refractivity contribution in [1.82, 2.24) is 0 Å². The van der Waals surface area contributed by atoms with Crippen LogP contribution < -0.4 is 5.30 Å². The second-order valence-corrected chi connectivity index (χ2v) is 6.28. The molecule has 0 aliphatic heterocycles. The topological polar surface area (TPSA) is 34.1 Å². The minimum Gasteiger partial charge on any atom is -0.319 e. The zero-order valence-corrected chi connectivity index (χ0v) is 8.04. The molecule has 12 heavy (non-hydrogen) atoms. The molecular formula is C9H11O2P. The van der Waals surface area contributed by atoms with Crippen LogP contribution in [0.3, 0.4) is 0 Å². The molecular weight excluding hydrogens is 171 g/mol. The Morgan fingerprint density at radius 1 is 1.33 bits per heavy atom. The van der Waals surface area contributed by atoms with Gasteiger partial charge in [-0.2, -0.15) is 0 Å². The van der Waals surface area contributed by atoms with E-state index in [1.165, 1.54) is 0 Å². The number of rotatable bonds is 2. The molecule has 0 saturated carbocycles. The lowest BCUT2D eigenvalue weighted by molar-refractivity contribution is 0.112. The normalized spacial score (nSPS) is 11.2. The number of hydrogen-bond acceptors (Lipinski definition) is 2. The molecule has 1 rings (SSSR count). The monoisotopic (exact) mass is 182 g/mol. The average molecular weight is 182 g/mol. The van der Waals surface area contributed by atoms with Crippen molar-refractivity contribution in [2.75, 3.05) is 13.3 Å². The third-order valence-corrected chi connectivity index (χ3v) is 3.15. The Kier molecular flexibility index (Phi) is 2.49. The van der Waals surface area contributed by atoms with Crippen molar-refractivity contribution in [3.8, 4) is 0 Å². The fourth-order valence-electron chi connectivity index (χ4n) is 0.933. The molecule has 2 nitrogen and oxygen atoms in total. The molecule has 0 radical (unpaired) electrons. The van der Waals surface area contributed by atoms with Crippen LogP contribution in [-0.2, 0) is 4.57 Å². The predicted molar refractivity (Wildman–Crippen MR) is 50.9 cm³/mol. The summed E-state index contributed by atoms with van der Waals surface area (Å²) in [6.45, 7) is 3.38. The lowest BCUT2D eigenvalue weighted by Gasteiger charge is -2.05. The minimum atomic E-state index is -2.22. The molecule has 1 aromatic rings. The van der Waals surface area contributed by atoms with E-state index < -0.39 is 7.14 Å². The number of aldehydes is 1. The fraction of sp³-hybridized carbons (Fsp3) is 0.222. The molecule has 0 saturated heterocycles. The first-order valence-corrected chi connectivity index (χ1v) is 6.25. The summed E-state index contributed by atoms with van der Waals surface area (Å²) in [5.41, 5.74) is 0.580. The number of hydrogen-bond donors (Lipinski definition) is 0. The highest BCUT2D eigenvalue weighted by Gasteiger charge is 2.10. The van der Waals surface area contributed by atoms with Crippen molar-refractivity contribution in [3.05, 3.63) is 29.8 Å². The van der Waals surface area contributed by atoms with Crippen LogP contribution in [0.25, 0.3) is 0 Å². The molecule has 0 aliphatic carbocycles. The highest BCUT2D eigenvalue weighted by Crippen LogP contribution is 2.34. The van der Waals surface area contributed by atoms with Gasteiger partial charge in [-0.25, -0.2) is 0 Å². The molecule has 0 atom stereocenters. The van der Waals surface area contributed by atoms with E-state index in [1.54, 1.807) is 37.6 Å². The molecule has 0 aromatic heterocycles. The van der Waals surface area contributed by atoms with Gasteiger partial charge in [-0.1, -0.05) is 18.2 Å². The van der Waals surface area contributed by atoms with E-state index in [2.05, 4.69) is 0 Å². The van der Waals surface area contributed by atoms with Gasteiger partial charge in [-0.15, -0.1) is 0 Å². The summed E-state index contributed by atoms with van der Waals surface area (Å²) in [5, 5.41) is 0.757. The van der Waals surface area contributed by atoms with Crippen LogP contribution in [0.4, 0.5) is 0 Å².